The number of hydrogen-bond donors (Lipinski definition) is 0. The van der Waals surface area contributed by atoms with Gasteiger partial charge in [0, 0.05) is 45.1 Å². The van der Waals surface area contributed by atoms with Crippen LogP contribution >= 0.6 is 0 Å². The number of alkyl halides is 3. The van der Waals surface area contributed by atoms with Gasteiger partial charge in [-0.1, -0.05) is 18.2 Å². The predicted molar refractivity (Wildman–Crippen MR) is 125 cm³/mol. The first-order valence-electron chi connectivity index (χ1n) is 12.1. The van der Waals surface area contributed by atoms with Crippen LogP contribution in [0.3, 0.4) is 0 Å². The van der Waals surface area contributed by atoms with E-state index in [1.807, 2.05) is 0 Å². The highest BCUT2D eigenvalue weighted by Crippen LogP contribution is 2.28. The van der Waals surface area contributed by atoms with Crippen LogP contribution in [-0.2, 0) is 4.79 Å². The fraction of sp³-hybridized carbons (Fsp3) is 0.462. The molecular formula is C26H29F3N2O5. The summed E-state index contributed by atoms with van der Waals surface area (Å²) in [6, 6.07) is 12.3. The second kappa shape index (κ2) is 11.5. The van der Waals surface area contributed by atoms with Gasteiger partial charge >= 0.3 is 6.36 Å². The molecule has 2 amide bonds. The third kappa shape index (κ3) is 7.05. The van der Waals surface area contributed by atoms with Crippen molar-refractivity contribution in [3.8, 4) is 17.2 Å². The summed E-state index contributed by atoms with van der Waals surface area (Å²) in [7, 11) is 0. The second-order valence-electron chi connectivity index (χ2n) is 8.86. The molecule has 2 aliphatic heterocycles. The fourth-order valence-electron chi connectivity index (χ4n) is 4.43. The molecular weight excluding hydrogens is 477 g/mol. The first-order chi connectivity index (χ1) is 17.3. The van der Waals surface area contributed by atoms with Crippen LogP contribution in [0.2, 0.25) is 0 Å². The summed E-state index contributed by atoms with van der Waals surface area (Å²) in [6.45, 7) is 2.20. The molecule has 0 aliphatic carbocycles. The Morgan fingerprint density at radius 1 is 0.861 bits per heavy atom. The SMILES string of the molecule is O=C(COc1ccccc1C(=O)N1CCC(Oc2cccc(OC(F)(F)F)c2)CC1)N1CCCCC1. The molecule has 0 spiro atoms. The third-order valence-corrected chi connectivity index (χ3v) is 6.25. The molecule has 0 saturated carbocycles. The molecule has 0 radical (unpaired) electrons. The van der Waals surface area contributed by atoms with E-state index in [-0.39, 0.29) is 36.0 Å². The van der Waals surface area contributed by atoms with E-state index in [4.69, 9.17) is 9.47 Å². The van der Waals surface area contributed by atoms with Crippen molar-refractivity contribution in [2.24, 2.45) is 0 Å². The Labute approximate surface area is 207 Å². The summed E-state index contributed by atoms with van der Waals surface area (Å²) in [4.78, 5) is 29.1. The minimum Gasteiger partial charge on any atom is -0.490 e. The van der Waals surface area contributed by atoms with Gasteiger partial charge in [-0.25, -0.2) is 0 Å². The molecule has 0 aromatic heterocycles. The molecule has 0 N–H and O–H groups in total. The minimum absolute atomic E-state index is 0.0837. The summed E-state index contributed by atoms with van der Waals surface area (Å²) in [6.07, 6.45) is -0.864. The van der Waals surface area contributed by atoms with E-state index in [2.05, 4.69) is 4.74 Å². The van der Waals surface area contributed by atoms with Crippen LogP contribution in [0.1, 0.15) is 42.5 Å². The number of nitrogens with zero attached hydrogens (tertiary/aromatic N) is 2. The molecule has 2 heterocycles. The van der Waals surface area contributed by atoms with Crippen LogP contribution in [0.5, 0.6) is 17.2 Å². The molecule has 0 atom stereocenters. The van der Waals surface area contributed by atoms with Crippen LogP contribution in [0.25, 0.3) is 0 Å². The van der Waals surface area contributed by atoms with Crippen LogP contribution in [0.4, 0.5) is 13.2 Å². The van der Waals surface area contributed by atoms with Crippen molar-refractivity contribution in [2.45, 2.75) is 44.6 Å². The van der Waals surface area contributed by atoms with E-state index in [1.54, 1.807) is 40.1 Å². The number of carbonyl (C=O) groups is 2. The van der Waals surface area contributed by atoms with Crippen molar-refractivity contribution >= 4 is 11.8 Å². The number of para-hydroxylation sites is 1. The van der Waals surface area contributed by atoms with Crippen molar-refractivity contribution in [1.82, 2.24) is 9.80 Å². The zero-order valence-corrected chi connectivity index (χ0v) is 19.8. The Morgan fingerprint density at radius 3 is 2.28 bits per heavy atom. The monoisotopic (exact) mass is 506 g/mol. The van der Waals surface area contributed by atoms with Crippen molar-refractivity contribution in [3.63, 3.8) is 0 Å². The Balaban J connectivity index is 1.30. The number of carbonyl (C=O) groups excluding carboxylic acids is 2. The summed E-state index contributed by atoms with van der Waals surface area (Å²) in [5.41, 5.74) is 0.389. The van der Waals surface area contributed by atoms with E-state index in [0.717, 1.165) is 32.4 Å². The highest BCUT2D eigenvalue weighted by molar-refractivity contribution is 5.97. The normalized spacial score (nSPS) is 17.0. The maximum atomic E-state index is 13.2. The number of likely N-dealkylation sites (tertiary alicyclic amines) is 2. The summed E-state index contributed by atoms with van der Waals surface area (Å²) < 4.78 is 52.9. The van der Waals surface area contributed by atoms with Crippen molar-refractivity contribution in [2.75, 3.05) is 32.8 Å². The maximum Gasteiger partial charge on any atom is 0.573 e. The Kier molecular flexibility index (Phi) is 8.22. The first kappa shape index (κ1) is 25.7. The Morgan fingerprint density at radius 2 is 1.56 bits per heavy atom. The lowest BCUT2D eigenvalue weighted by atomic mass is 10.1. The highest BCUT2D eigenvalue weighted by atomic mass is 19.4. The number of piperidine rings is 2. The number of amides is 2. The number of ether oxygens (including phenoxy) is 3. The van der Waals surface area contributed by atoms with Crippen molar-refractivity contribution in [1.29, 1.82) is 0 Å². The molecule has 7 nitrogen and oxygen atoms in total. The van der Waals surface area contributed by atoms with Gasteiger partial charge in [-0.2, -0.15) is 0 Å². The summed E-state index contributed by atoms with van der Waals surface area (Å²) in [5, 5.41) is 0. The van der Waals surface area contributed by atoms with E-state index < -0.39 is 6.36 Å². The lowest BCUT2D eigenvalue weighted by molar-refractivity contribution is -0.274. The highest BCUT2D eigenvalue weighted by Gasteiger charge is 2.31. The molecule has 4 rings (SSSR count). The number of halogens is 3. The van der Waals surface area contributed by atoms with E-state index in [9.17, 15) is 22.8 Å². The summed E-state index contributed by atoms with van der Waals surface area (Å²) in [5.74, 6) is 0.0176. The standard InChI is InChI=1S/C26H29F3N2O5/c27-26(28,29)36-21-8-6-7-20(17-21)35-19-11-15-31(16-12-19)25(33)22-9-2-3-10-23(22)34-18-24(32)30-13-4-1-5-14-30/h2-3,6-10,17,19H,1,4-5,11-16,18H2. The van der Waals surface area contributed by atoms with E-state index >= 15 is 0 Å². The maximum absolute atomic E-state index is 13.2. The molecule has 0 unspecified atom stereocenters. The van der Waals surface area contributed by atoms with E-state index in [0.29, 0.717) is 37.2 Å². The lowest BCUT2D eigenvalue weighted by Gasteiger charge is -2.32. The quantitative estimate of drug-likeness (QED) is 0.547. The average Bonchev–Trinajstić information content (AvgIpc) is 2.87. The van der Waals surface area contributed by atoms with Gasteiger partial charge in [0.05, 0.1) is 5.56 Å². The fourth-order valence-corrected chi connectivity index (χ4v) is 4.43. The van der Waals surface area contributed by atoms with Gasteiger partial charge in [-0.15, -0.1) is 13.2 Å². The lowest BCUT2D eigenvalue weighted by Crippen LogP contribution is -2.42. The van der Waals surface area contributed by atoms with Crippen molar-refractivity contribution < 1.29 is 37.0 Å². The molecule has 194 valence electrons. The Bertz CT molecular complexity index is 1050. The predicted octanol–water partition coefficient (Wildman–Crippen LogP) is 4.66. The average molecular weight is 507 g/mol. The molecule has 2 aromatic rings. The van der Waals surface area contributed by atoms with E-state index in [1.165, 1.54) is 18.2 Å². The zero-order chi connectivity index (χ0) is 25.5. The second-order valence-corrected chi connectivity index (χ2v) is 8.86. The molecule has 36 heavy (non-hydrogen) atoms. The first-order valence-corrected chi connectivity index (χ1v) is 12.1. The van der Waals surface area contributed by atoms with Gasteiger partial charge in [0.15, 0.2) is 6.61 Å². The van der Waals surface area contributed by atoms with Crippen LogP contribution in [-0.4, -0.2) is 66.9 Å². The van der Waals surface area contributed by atoms with Crippen LogP contribution in [0.15, 0.2) is 48.5 Å². The number of hydrogen-bond acceptors (Lipinski definition) is 5. The molecule has 2 saturated heterocycles. The Hall–Kier alpha value is -3.43. The van der Waals surface area contributed by atoms with Gasteiger partial charge in [0.25, 0.3) is 11.8 Å². The smallest absolute Gasteiger partial charge is 0.490 e. The summed E-state index contributed by atoms with van der Waals surface area (Å²) >= 11 is 0. The zero-order valence-electron chi connectivity index (χ0n) is 19.8. The van der Waals surface area contributed by atoms with Gasteiger partial charge in [-0.3, -0.25) is 9.59 Å². The topological polar surface area (TPSA) is 68.3 Å². The van der Waals surface area contributed by atoms with Crippen LogP contribution < -0.4 is 14.2 Å². The molecule has 2 aromatic carbocycles. The van der Waals surface area contributed by atoms with Gasteiger partial charge in [0.2, 0.25) is 0 Å². The third-order valence-electron chi connectivity index (χ3n) is 6.25. The molecule has 10 heteroatoms. The largest absolute Gasteiger partial charge is 0.573 e. The molecule has 2 fully saturated rings. The number of rotatable bonds is 7. The molecule has 0 bridgehead atoms. The van der Waals surface area contributed by atoms with Gasteiger partial charge < -0.3 is 24.0 Å². The minimum atomic E-state index is -4.77. The molecule has 2 aliphatic rings. The van der Waals surface area contributed by atoms with Crippen molar-refractivity contribution in [3.05, 3.63) is 54.1 Å². The number of benzene rings is 2. The van der Waals surface area contributed by atoms with Gasteiger partial charge in [0.1, 0.15) is 23.4 Å². The van der Waals surface area contributed by atoms with Crippen LogP contribution in [0, 0.1) is 0 Å². The van der Waals surface area contributed by atoms with Gasteiger partial charge in [-0.05, 0) is 43.5 Å².